The van der Waals surface area contributed by atoms with Crippen molar-refractivity contribution in [3.8, 4) is 11.5 Å². The average molecular weight is 423 g/mol. The number of fused-ring (bicyclic) bond motifs is 1. The summed E-state index contributed by atoms with van der Waals surface area (Å²) in [4.78, 5) is 28.0. The van der Waals surface area contributed by atoms with E-state index in [1.165, 1.54) is 6.42 Å². The number of carbonyl (C=O) groups excluding carboxylic acids is 2. The molecule has 1 heterocycles. The van der Waals surface area contributed by atoms with Crippen molar-refractivity contribution < 1.29 is 19.1 Å². The first-order valence-corrected chi connectivity index (χ1v) is 11.0. The largest absolute Gasteiger partial charge is 0.493 e. The molecular weight excluding hydrogens is 392 g/mol. The van der Waals surface area contributed by atoms with Gasteiger partial charge < -0.3 is 19.7 Å². The van der Waals surface area contributed by atoms with Crippen LogP contribution in [0.15, 0.2) is 42.5 Å². The average Bonchev–Trinajstić information content (AvgIpc) is 3.14. The monoisotopic (exact) mass is 422 g/mol. The maximum Gasteiger partial charge on any atom is 0.255 e. The molecule has 0 radical (unpaired) electrons. The number of rotatable bonds is 7. The number of hydrogen-bond donors (Lipinski definition) is 1. The summed E-state index contributed by atoms with van der Waals surface area (Å²) in [5.74, 6) is 1.14. The van der Waals surface area contributed by atoms with Crippen molar-refractivity contribution in [3.05, 3.63) is 59.2 Å². The summed E-state index contributed by atoms with van der Waals surface area (Å²) in [6.07, 6.45) is 5.82. The standard InChI is InChI=1S/C25H30N2O4/c1-30-22-13-12-17(14-23(22)31-2)21(15-24(28)26-19-9-4-3-5-10-19)27-16-18-8-6-7-11-20(18)25(27)29/h6-8,11-14,19,21H,3-5,9-10,15-16H2,1-2H3,(H,26,28). The van der Waals surface area contributed by atoms with Crippen molar-refractivity contribution in [2.24, 2.45) is 0 Å². The van der Waals surface area contributed by atoms with Crippen LogP contribution in [0.25, 0.3) is 0 Å². The van der Waals surface area contributed by atoms with Crippen LogP contribution in [-0.4, -0.2) is 37.0 Å². The number of ether oxygens (including phenoxy) is 2. The van der Waals surface area contributed by atoms with Crippen molar-refractivity contribution in [1.29, 1.82) is 0 Å². The van der Waals surface area contributed by atoms with Crippen LogP contribution in [0, 0.1) is 0 Å². The molecule has 1 aliphatic heterocycles. The number of carbonyl (C=O) groups is 2. The molecule has 0 bridgehead atoms. The van der Waals surface area contributed by atoms with E-state index in [0.717, 1.165) is 36.8 Å². The van der Waals surface area contributed by atoms with E-state index in [-0.39, 0.29) is 30.3 Å². The summed E-state index contributed by atoms with van der Waals surface area (Å²) in [5.41, 5.74) is 2.56. The summed E-state index contributed by atoms with van der Waals surface area (Å²) in [7, 11) is 3.18. The lowest BCUT2D eigenvalue weighted by molar-refractivity contribution is -0.123. The van der Waals surface area contributed by atoms with Crippen LogP contribution in [-0.2, 0) is 11.3 Å². The van der Waals surface area contributed by atoms with Gasteiger partial charge in [0.2, 0.25) is 5.91 Å². The second kappa shape index (κ2) is 9.41. The zero-order valence-corrected chi connectivity index (χ0v) is 18.2. The molecule has 0 saturated heterocycles. The van der Waals surface area contributed by atoms with E-state index >= 15 is 0 Å². The molecule has 4 rings (SSSR count). The van der Waals surface area contributed by atoms with Gasteiger partial charge in [-0.05, 0) is 42.2 Å². The molecule has 6 heteroatoms. The van der Waals surface area contributed by atoms with E-state index in [9.17, 15) is 9.59 Å². The minimum atomic E-state index is -0.386. The maximum absolute atomic E-state index is 13.2. The third-order valence-electron chi connectivity index (χ3n) is 6.37. The Labute approximate surface area is 183 Å². The molecule has 0 aromatic heterocycles. The molecule has 2 aromatic rings. The van der Waals surface area contributed by atoms with E-state index in [4.69, 9.17) is 9.47 Å². The summed E-state index contributed by atoms with van der Waals surface area (Å²) >= 11 is 0. The number of hydrogen-bond acceptors (Lipinski definition) is 4. The topological polar surface area (TPSA) is 67.9 Å². The molecule has 164 valence electrons. The van der Waals surface area contributed by atoms with Gasteiger partial charge in [-0.1, -0.05) is 43.5 Å². The molecule has 1 fully saturated rings. The molecule has 1 N–H and O–H groups in total. The lowest BCUT2D eigenvalue weighted by Crippen LogP contribution is -2.39. The van der Waals surface area contributed by atoms with Gasteiger partial charge in [0.15, 0.2) is 11.5 Å². The van der Waals surface area contributed by atoms with Crippen molar-refractivity contribution in [1.82, 2.24) is 10.2 Å². The predicted octanol–water partition coefficient (Wildman–Crippen LogP) is 4.24. The summed E-state index contributed by atoms with van der Waals surface area (Å²) in [5, 5.41) is 3.20. The highest BCUT2D eigenvalue weighted by atomic mass is 16.5. The summed E-state index contributed by atoms with van der Waals surface area (Å²) < 4.78 is 10.8. The Morgan fingerprint density at radius 2 is 1.81 bits per heavy atom. The molecule has 1 atom stereocenters. The number of nitrogens with zero attached hydrogens (tertiary/aromatic N) is 1. The predicted molar refractivity (Wildman–Crippen MR) is 118 cm³/mol. The number of methoxy groups -OCH3 is 2. The molecule has 31 heavy (non-hydrogen) atoms. The Morgan fingerprint density at radius 3 is 2.52 bits per heavy atom. The van der Waals surface area contributed by atoms with Gasteiger partial charge in [-0.25, -0.2) is 0 Å². The van der Waals surface area contributed by atoms with E-state index in [0.29, 0.717) is 23.6 Å². The Balaban J connectivity index is 1.61. The quantitative estimate of drug-likeness (QED) is 0.725. The summed E-state index contributed by atoms with van der Waals surface area (Å²) in [6, 6.07) is 13.1. The van der Waals surface area contributed by atoms with Gasteiger partial charge in [-0.15, -0.1) is 0 Å². The highest BCUT2D eigenvalue weighted by Gasteiger charge is 2.35. The second-order valence-electron chi connectivity index (χ2n) is 8.33. The van der Waals surface area contributed by atoms with E-state index in [1.54, 1.807) is 19.1 Å². The fourth-order valence-corrected chi connectivity index (χ4v) is 4.71. The Hall–Kier alpha value is -3.02. The van der Waals surface area contributed by atoms with Crippen molar-refractivity contribution in [2.45, 2.75) is 57.2 Å². The molecular formula is C25H30N2O4. The zero-order chi connectivity index (χ0) is 21.8. The second-order valence-corrected chi connectivity index (χ2v) is 8.33. The van der Waals surface area contributed by atoms with Crippen LogP contribution in [0.5, 0.6) is 11.5 Å². The van der Waals surface area contributed by atoms with Crippen LogP contribution in [0.3, 0.4) is 0 Å². The summed E-state index contributed by atoms with van der Waals surface area (Å²) in [6.45, 7) is 0.491. The number of amides is 2. The van der Waals surface area contributed by atoms with Gasteiger partial charge in [0.25, 0.3) is 5.91 Å². The third kappa shape index (κ3) is 4.53. The normalized spacial score (nSPS) is 17.2. The fraction of sp³-hybridized carbons (Fsp3) is 0.440. The number of benzene rings is 2. The molecule has 6 nitrogen and oxygen atoms in total. The first-order chi connectivity index (χ1) is 15.1. The van der Waals surface area contributed by atoms with Gasteiger partial charge in [0.05, 0.1) is 26.7 Å². The lowest BCUT2D eigenvalue weighted by Gasteiger charge is -2.30. The lowest BCUT2D eigenvalue weighted by atomic mass is 9.95. The smallest absolute Gasteiger partial charge is 0.255 e. The first-order valence-electron chi connectivity index (χ1n) is 11.0. The van der Waals surface area contributed by atoms with Gasteiger partial charge in [-0.3, -0.25) is 9.59 Å². The molecule has 1 aliphatic carbocycles. The zero-order valence-electron chi connectivity index (χ0n) is 18.2. The Morgan fingerprint density at radius 1 is 1.06 bits per heavy atom. The first kappa shape index (κ1) is 21.2. The molecule has 0 spiro atoms. The van der Waals surface area contributed by atoms with Gasteiger partial charge in [-0.2, -0.15) is 0 Å². The van der Waals surface area contributed by atoms with Crippen LogP contribution < -0.4 is 14.8 Å². The van der Waals surface area contributed by atoms with Crippen molar-refractivity contribution in [2.75, 3.05) is 14.2 Å². The highest BCUT2D eigenvalue weighted by molar-refractivity contribution is 5.98. The fourth-order valence-electron chi connectivity index (χ4n) is 4.71. The van der Waals surface area contributed by atoms with Crippen LogP contribution in [0.1, 0.15) is 66.1 Å². The molecule has 1 unspecified atom stereocenters. The van der Waals surface area contributed by atoms with E-state index in [2.05, 4.69) is 5.32 Å². The van der Waals surface area contributed by atoms with Crippen LogP contribution in [0.4, 0.5) is 0 Å². The third-order valence-corrected chi connectivity index (χ3v) is 6.37. The van der Waals surface area contributed by atoms with E-state index in [1.807, 2.05) is 42.5 Å². The number of nitrogens with one attached hydrogen (secondary N) is 1. The maximum atomic E-state index is 13.2. The van der Waals surface area contributed by atoms with Gasteiger partial charge in [0.1, 0.15) is 0 Å². The van der Waals surface area contributed by atoms with Crippen LogP contribution in [0.2, 0.25) is 0 Å². The van der Waals surface area contributed by atoms with Gasteiger partial charge >= 0.3 is 0 Å². The molecule has 2 amide bonds. The minimum Gasteiger partial charge on any atom is -0.493 e. The Kier molecular flexibility index (Phi) is 6.44. The molecule has 2 aromatic carbocycles. The van der Waals surface area contributed by atoms with Crippen LogP contribution >= 0.6 is 0 Å². The minimum absolute atomic E-state index is 0.0181. The van der Waals surface area contributed by atoms with Gasteiger partial charge in [0, 0.05) is 18.2 Å². The molecule has 2 aliphatic rings. The van der Waals surface area contributed by atoms with E-state index < -0.39 is 0 Å². The molecule has 1 saturated carbocycles. The Bertz CT molecular complexity index is 952. The highest BCUT2D eigenvalue weighted by Crippen LogP contribution is 2.37. The van der Waals surface area contributed by atoms with Crippen molar-refractivity contribution >= 4 is 11.8 Å². The SMILES string of the molecule is COc1ccc(C(CC(=O)NC2CCCCC2)N2Cc3ccccc3C2=O)cc1OC. The van der Waals surface area contributed by atoms with Crippen molar-refractivity contribution in [3.63, 3.8) is 0 Å².